The van der Waals surface area contributed by atoms with E-state index in [4.69, 9.17) is 23.2 Å². The summed E-state index contributed by atoms with van der Waals surface area (Å²) in [5, 5.41) is -0.158. The SMILES string of the molecule is FC(F)(F)c1nc2c(Cl)nc(Cl)cc2[nH]1. The van der Waals surface area contributed by atoms with Gasteiger partial charge in [-0.1, -0.05) is 23.2 Å². The van der Waals surface area contributed by atoms with Gasteiger partial charge in [-0.25, -0.2) is 9.97 Å². The van der Waals surface area contributed by atoms with E-state index in [1.54, 1.807) is 0 Å². The van der Waals surface area contributed by atoms with Crippen molar-refractivity contribution in [3.63, 3.8) is 0 Å². The molecule has 15 heavy (non-hydrogen) atoms. The lowest BCUT2D eigenvalue weighted by atomic mass is 10.4. The smallest absolute Gasteiger partial charge is 0.334 e. The fourth-order valence-electron chi connectivity index (χ4n) is 1.08. The van der Waals surface area contributed by atoms with E-state index in [2.05, 4.69) is 15.0 Å². The lowest BCUT2D eigenvalue weighted by Gasteiger charge is -1.98. The number of hydrogen-bond acceptors (Lipinski definition) is 2. The van der Waals surface area contributed by atoms with E-state index in [0.29, 0.717) is 0 Å². The van der Waals surface area contributed by atoms with E-state index in [0.717, 1.165) is 0 Å². The summed E-state index contributed by atoms with van der Waals surface area (Å²) in [6, 6.07) is 1.23. The molecule has 3 nitrogen and oxygen atoms in total. The monoisotopic (exact) mass is 255 g/mol. The van der Waals surface area contributed by atoms with Gasteiger partial charge in [0.05, 0.1) is 5.52 Å². The summed E-state index contributed by atoms with van der Waals surface area (Å²) in [5.41, 5.74) is 0.0562. The van der Waals surface area contributed by atoms with E-state index >= 15 is 0 Å². The molecule has 8 heteroatoms. The zero-order chi connectivity index (χ0) is 11.2. The van der Waals surface area contributed by atoms with Crippen LogP contribution in [0.25, 0.3) is 11.0 Å². The average molecular weight is 256 g/mol. The molecular formula is C7H2Cl2F3N3. The number of fused-ring (bicyclic) bond motifs is 1. The van der Waals surface area contributed by atoms with E-state index in [-0.39, 0.29) is 21.3 Å². The largest absolute Gasteiger partial charge is 0.449 e. The molecule has 0 radical (unpaired) electrons. The summed E-state index contributed by atoms with van der Waals surface area (Å²) in [7, 11) is 0. The number of nitrogens with one attached hydrogen (secondary N) is 1. The summed E-state index contributed by atoms with van der Waals surface area (Å²) in [4.78, 5) is 8.94. The summed E-state index contributed by atoms with van der Waals surface area (Å²) in [5.74, 6) is -1.12. The maximum atomic E-state index is 12.3. The van der Waals surface area contributed by atoms with Gasteiger partial charge in [-0.15, -0.1) is 0 Å². The van der Waals surface area contributed by atoms with Crippen LogP contribution in [-0.4, -0.2) is 15.0 Å². The van der Waals surface area contributed by atoms with Crippen molar-refractivity contribution in [1.82, 2.24) is 15.0 Å². The second kappa shape index (κ2) is 3.24. The molecule has 0 aliphatic rings. The van der Waals surface area contributed by atoms with E-state index < -0.39 is 12.0 Å². The fraction of sp³-hybridized carbons (Fsp3) is 0.143. The van der Waals surface area contributed by atoms with Crippen LogP contribution in [0.4, 0.5) is 13.2 Å². The zero-order valence-electron chi connectivity index (χ0n) is 6.86. The van der Waals surface area contributed by atoms with Gasteiger partial charge in [0.15, 0.2) is 5.15 Å². The predicted molar refractivity (Wildman–Crippen MR) is 48.9 cm³/mol. The number of aromatic nitrogens is 3. The molecule has 0 amide bonds. The van der Waals surface area contributed by atoms with Crippen molar-refractivity contribution < 1.29 is 13.2 Å². The van der Waals surface area contributed by atoms with Gasteiger partial charge in [-0.3, -0.25) is 0 Å². The van der Waals surface area contributed by atoms with Gasteiger partial charge in [-0.2, -0.15) is 13.2 Å². The Morgan fingerprint density at radius 2 is 1.87 bits per heavy atom. The third-order valence-electron chi connectivity index (χ3n) is 1.66. The molecule has 0 aliphatic carbocycles. The Bertz CT molecular complexity index is 520. The number of pyridine rings is 1. The first-order valence-electron chi connectivity index (χ1n) is 3.67. The molecule has 2 aromatic heterocycles. The fourth-order valence-corrected chi connectivity index (χ4v) is 1.55. The van der Waals surface area contributed by atoms with Gasteiger partial charge in [0, 0.05) is 6.07 Å². The molecule has 0 unspecified atom stereocenters. The van der Waals surface area contributed by atoms with Crippen LogP contribution in [0.2, 0.25) is 10.3 Å². The van der Waals surface area contributed by atoms with E-state index in [1.807, 2.05) is 0 Å². The third kappa shape index (κ3) is 1.87. The van der Waals surface area contributed by atoms with Crippen molar-refractivity contribution in [3.05, 3.63) is 22.2 Å². The first-order chi connectivity index (χ1) is 6.88. The summed E-state index contributed by atoms with van der Waals surface area (Å²) in [6.45, 7) is 0. The quantitative estimate of drug-likeness (QED) is 0.735. The van der Waals surface area contributed by atoms with Crippen LogP contribution in [0.15, 0.2) is 6.07 Å². The molecule has 2 heterocycles. The van der Waals surface area contributed by atoms with Crippen LogP contribution < -0.4 is 0 Å². The summed E-state index contributed by atoms with van der Waals surface area (Å²) >= 11 is 11.1. The van der Waals surface area contributed by atoms with Crippen LogP contribution in [-0.2, 0) is 6.18 Å². The zero-order valence-corrected chi connectivity index (χ0v) is 8.37. The number of hydrogen-bond donors (Lipinski definition) is 1. The minimum atomic E-state index is -4.55. The van der Waals surface area contributed by atoms with Gasteiger partial charge in [-0.05, 0) is 0 Å². The molecule has 2 rings (SSSR count). The molecule has 0 atom stereocenters. The minimum Gasteiger partial charge on any atom is -0.334 e. The predicted octanol–water partition coefficient (Wildman–Crippen LogP) is 3.28. The Labute approximate surface area is 91.2 Å². The normalized spacial score (nSPS) is 12.3. The third-order valence-corrected chi connectivity index (χ3v) is 2.12. The van der Waals surface area contributed by atoms with Crippen molar-refractivity contribution in [2.75, 3.05) is 0 Å². The van der Waals surface area contributed by atoms with Crippen molar-refractivity contribution >= 4 is 34.2 Å². The first kappa shape index (κ1) is 10.5. The molecule has 0 aromatic carbocycles. The van der Waals surface area contributed by atoms with Gasteiger partial charge in [0.25, 0.3) is 0 Å². The van der Waals surface area contributed by atoms with Crippen LogP contribution in [0, 0.1) is 0 Å². The number of H-pyrrole nitrogens is 1. The molecule has 0 saturated heterocycles. The first-order valence-corrected chi connectivity index (χ1v) is 4.42. The highest BCUT2D eigenvalue weighted by molar-refractivity contribution is 6.35. The second-order valence-corrected chi connectivity index (χ2v) is 3.46. The maximum Gasteiger partial charge on any atom is 0.449 e. The molecule has 0 fully saturated rings. The van der Waals surface area contributed by atoms with Crippen LogP contribution >= 0.6 is 23.2 Å². The molecule has 0 spiro atoms. The van der Waals surface area contributed by atoms with Gasteiger partial charge >= 0.3 is 6.18 Å². The molecule has 2 aromatic rings. The number of imidazole rings is 1. The topological polar surface area (TPSA) is 41.6 Å². The Morgan fingerprint density at radius 1 is 1.20 bits per heavy atom. The molecule has 80 valence electrons. The second-order valence-electron chi connectivity index (χ2n) is 2.72. The maximum absolute atomic E-state index is 12.3. The Kier molecular flexibility index (Phi) is 2.27. The number of nitrogens with zero attached hydrogens (tertiary/aromatic N) is 2. The lowest BCUT2D eigenvalue weighted by molar-refractivity contribution is -0.144. The average Bonchev–Trinajstić information content (AvgIpc) is 2.46. The number of halogens is 5. The van der Waals surface area contributed by atoms with Crippen molar-refractivity contribution in [3.8, 4) is 0 Å². The highest BCUT2D eigenvalue weighted by atomic mass is 35.5. The highest BCUT2D eigenvalue weighted by Gasteiger charge is 2.35. The van der Waals surface area contributed by atoms with Crippen LogP contribution in [0.3, 0.4) is 0 Å². The van der Waals surface area contributed by atoms with Gasteiger partial charge in [0.2, 0.25) is 5.82 Å². The molecule has 0 bridgehead atoms. The molecular weight excluding hydrogens is 254 g/mol. The van der Waals surface area contributed by atoms with E-state index in [9.17, 15) is 13.2 Å². The highest BCUT2D eigenvalue weighted by Crippen LogP contribution is 2.30. The Hall–Kier alpha value is -1.01. The standard InChI is InChI=1S/C7H2Cl2F3N3/c8-3-1-2-4(5(9)14-3)15-6(13-2)7(10,11)12/h1H,(H,13,15). The Morgan fingerprint density at radius 3 is 2.47 bits per heavy atom. The van der Waals surface area contributed by atoms with Crippen molar-refractivity contribution in [2.24, 2.45) is 0 Å². The lowest BCUT2D eigenvalue weighted by Crippen LogP contribution is -2.06. The van der Waals surface area contributed by atoms with Gasteiger partial charge < -0.3 is 4.98 Å². The Balaban J connectivity index is 2.71. The molecule has 0 saturated carbocycles. The van der Waals surface area contributed by atoms with Crippen molar-refractivity contribution in [1.29, 1.82) is 0 Å². The molecule has 0 aliphatic heterocycles. The van der Waals surface area contributed by atoms with Crippen molar-refractivity contribution in [2.45, 2.75) is 6.18 Å². The number of rotatable bonds is 0. The minimum absolute atomic E-state index is 0.00451. The molecule has 1 N–H and O–H groups in total. The van der Waals surface area contributed by atoms with E-state index in [1.165, 1.54) is 6.07 Å². The number of alkyl halides is 3. The number of aromatic amines is 1. The van der Waals surface area contributed by atoms with Crippen LogP contribution in [0.1, 0.15) is 5.82 Å². The summed E-state index contributed by atoms with van der Waals surface area (Å²) in [6.07, 6.45) is -4.55. The van der Waals surface area contributed by atoms with Crippen LogP contribution in [0.5, 0.6) is 0 Å². The van der Waals surface area contributed by atoms with Gasteiger partial charge in [0.1, 0.15) is 10.7 Å². The summed E-state index contributed by atoms with van der Waals surface area (Å²) < 4.78 is 36.8.